The van der Waals surface area contributed by atoms with Crippen LogP contribution in [-0.4, -0.2) is 25.2 Å². The number of rotatable bonds is 9. The zero-order valence-electron chi connectivity index (χ0n) is 10.00. The van der Waals surface area contributed by atoms with Crippen LogP contribution in [0.5, 0.6) is 0 Å². The van der Waals surface area contributed by atoms with E-state index in [1.807, 2.05) is 0 Å². The molecule has 0 aromatic heterocycles. The smallest absolute Gasteiger partial charge is 0.309 e. The van der Waals surface area contributed by atoms with Crippen LogP contribution in [-0.2, 0) is 19.1 Å². The second-order valence-electron chi connectivity index (χ2n) is 3.50. The van der Waals surface area contributed by atoms with Gasteiger partial charge in [-0.25, -0.2) is 0 Å². The molecule has 93 valence electrons. The summed E-state index contributed by atoms with van der Waals surface area (Å²) in [5.41, 5.74) is 0. The first-order chi connectivity index (χ1) is 7.70. The Morgan fingerprint density at radius 2 is 1.62 bits per heavy atom. The molecule has 0 aliphatic carbocycles. The van der Waals surface area contributed by atoms with Crippen LogP contribution in [0.4, 0.5) is 0 Å². The van der Waals surface area contributed by atoms with E-state index >= 15 is 0 Å². The lowest BCUT2D eigenvalue weighted by Crippen LogP contribution is -2.12. The lowest BCUT2D eigenvalue weighted by Gasteiger charge is -2.05. The summed E-state index contributed by atoms with van der Waals surface area (Å²) in [4.78, 5) is 22.0. The van der Waals surface area contributed by atoms with E-state index in [0.29, 0.717) is 19.4 Å². The minimum atomic E-state index is -0.311. The molecule has 0 aliphatic rings. The molecule has 0 bridgehead atoms. The average molecular weight is 229 g/mol. The van der Waals surface area contributed by atoms with Gasteiger partial charge in [0.2, 0.25) is 0 Å². The number of carbonyl (C=O) groups excluding carboxylic acids is 2. The monoisotopic (exact) mass is 229 g/mol. The summed E-state index contributed by atoms with van der Waals surface area (Å²) < 4.78 is 9.74. The van der Waals surface area contributed by atoms with Gasteiger partial charge in [0.05, 0.1) is 13.0 Å². The molecule has 0 saturated heterocycles. The first kappa shape index (κ1) is 14.9. The molecule has 0 spiro atoms. The summed E-state index contributed by atoms with van der Waals surface area (Å²) in [5.74, 6) is -0.618. The molecular formula is C12H21O4. The maximum Gasteiger partial charge on any atom is 0.309 e. The molecule has 0 amide bonds. The predicted molar refractivity (Wildman–Crippen MR) is 60.7 cm³/mol. The molecular weight excluding hydrogens is 208 g/mol. The summed E-state index contributed by atoms with van der Waals surface area (Å²) in [6.07, 6.45) is 4.00. The fourth-order valence-corrected chi connectivity index (χ4v) is 1.07. The van der Waals surface area contributed by atoms with Gasteiger partial charge in [-0.1, -0.05) is 26.7 Å². The quantitative estimate of drug-likeness (QED) is 0.449. The minimum absolute atomic E-state index is 0.103. The molecule has 0 aliphatic heterocycles. The Morgan fingerprint density at radius 1 is 1.00 bits per heavy atom. The third-order valence-electron chi connectivity index (χ3n) is 1.96. The second kappa shape index (κ2) is 10.5. The molecule has 0 N–H and O–H groups in total. The molecule has 0 fully saturated rings. The maximum absolute atomic E-state index is 11.1. The van der Waals surface area contributed by atoms with E-state index in [2.05, 4.69) is 13.8 Å². The Balaban J connectivity index is 3.33. The predicted octanol–water partition coefficient (Wildman–Crippen LogP) is 2.27. The van der Waals surface area contributed by atoms with Crippen molar-refractivity contribution >= 4 is 11.9 Å². The Labute approximate surface area is 97.3 Å². The topological polar surface area (TPSA) is 52.6 Å². The molecule has 0 rings (SSSR count). The van der Waals surface area contributed by atoms with Gasteiger partial charge >= 0.3 is 11.9 Å². The minimum Gasteiger partial charge on any atom is -0.466 e. The maximum atomic E-state index is 11.1. The second-order valence-corrected chi connectivity index (χ2v) is 3.50. The van der Waals surface area contributed by atoms with Crippen molar-refractivity contribution in [1.82, 2.24) is 0 Å². The highest BCUT2D eigenvalue weighted by atomic mass is 16.5. The number of esters is 2. The van der Waals surface area contributed by atoms with E-state index in [1.54, 1.807) is 0 Å². The highest BCUT2D eigenvalue weighted by molar-refractivity contribution is 5.71. The van der Waals surface area contributed by atoms with Gasteiger partial charge in [-0.3, -0.25) is 9.59 Å². The molecule has 4 heteroatoms. The van der Waals surface area contributed by atoms with Crippen LogP contribution in [0.1, 0.15) is 45.4 Å². The van der Waals surface area contributed by atoms with Gasteiger partial charge in [-0.05, 0) is 12.8 Å². The van der Waals surface area contributed by atoms with Crippen LogP contribution in [0.2, 0.25) is 0 Å². The number of hydrogen-bond acceptors (Lipinski definition) is 4. The molecule has 0 aromatic carbocycles. The van der Waals surface area contributed by atoms with E-state index in [-0.39, 0.29) is 25.0 Å². The summed E-state index contributed by atoms with van der Waals surface area (Å²) in [5, 5.41) is 0. The van der Waals surface area contributed by atoms with Crippen molar-refractivity contribution in [3.8, 4) is 0 Å². The Hall–Kier alpha value is -1.06. The Kier molecular flexibility index (Phi) is 9.76. The van der Waals surface area contributed by atoms with Gasteiger partial charge in [-0.15, -0.1) is 0 Å². The number of unbranched alkanes of at least 4 members (excludes halogenated alkanes) is 2. The number of hydrogen-bond donors (Lipinski definition) is 0. The normalized spacial score (nSPS) is 9.88. The third-order valence-corrected chi connectivity index (χ3v) is 1.96. The van der Waals surface area contributed by atoms with Crippen LogP contribution in [0, 0.1) is 6.92 Å². The Morgan fingerprint density at radius 3 is 2.25 bits per heavy atom. The zero-order chi connectivity index (χ0) is 12.2. The van der Waals surface area contributed by atoms with Crippen molar-refractivity contribution in [2.75, 3.05) is 13.2 Å². The van der Waals surface area contributed by atoms with Crippen molar-refractivity contribution < 1.29 is 19.1 Å². The first-order valence-corrected chi connectivity index (χ1v) is 5.81. The average Bonchev–Trinajstić information content (AvgIpc) is 2.25. The zero-order valence-corrected chi connectivity index (χ0v) is 10.00. The summed E-state index contributed by atoms with van der Waals surface area (Å²) in [7, 11) is 0. The number of ether oxygens (including phenoxy) is 2. The van der Waals surface area contributed by atoms with Gasteiger partial charge in [0, 0.05) is 6.42 Å². The molecule has 0 unspecified atom stereocenters. The summed E-state index contributed by atoms with van der Waals surface area (Å²) >= 11 is 0. The Bertz CT molecular complexity index is 201. The van der Waals surface area contributed by atoms with Crippen molar-refractivity contribution in [2.45, 2.75) is 45.4 Å². The van der Waals surface area contributed by atoms with Crippen molar-refractivity contribution in [2.24, 2.45) is 0 Å². The lowest BCUT2D eigenvalue weighted by molar-refractivity contribution is -0.149. The van der Waals surface area contributed by atoms with Crippen LogP contribution in [0.3, 0.4) is 0 Å². The van der Waals surface area contributed by atoms with Gasteiger partial charge in [-0.2, -0.15) is 0 Å². The summed E-state index contributed by atoms with van der Waals surface area (Å²) in [6.45, 7) is 6.18. The molecule has 0 aromatic rings. The van der Waals surface area contributed by atoms with Gasteiger partial charge in [0.1, 0.15) is 6.61 Å². The molecule has 0 saturated carbocycles. The first-order valence-electron chi connectivity index (χ1n) is 5.81. The summed E-state index contributed by atoms with van der Waals surface area (Å²) in [6, 6.07) is 0. The third kappa shape index (κ3) is 9.49. The van der Waals surface area contributed by atoms with Crippen molar-refractivity contribution in [3.63, 3.8) is 0 Å². The van der Waals surface area contributed by atoms with Crippen molar-refractivity contribution in [3.05, 3.63) is 6.92 Å². The SMILES string of the molecule is [CH2]CCC(=O)OCCC(=O)OCCCCC. The van der Waals surface area contributed by atoms with E-state index in [0.717, 1.165) is 19.3 Å². The van der Waals surface area contributed by atoms with Gasteiger partial charge < -0.3 is 9.47 Å². The fraction of sp³-hybridized carbons (Fsp3) is 0.750. The van der Waals surface area contributed by atoms with Gasteiger partial charge in [0.15, 0.2) is 0 Å². The highest BCUT2D eigenvalue weighted by Crippen LogP contribution is 1.97. The van der Waals surface area contributed by atoms with Crippen molar-refractivity contribution in [1.29, 1.82) is 0 Å². The standard InChI is InChI=1S/C12H21O4/c1-3-5-6-9-15-12(14)8-10-16-11(13)7-4-2/h2-10H2,1H3. The highest BCUT2D eigenvalue weighted by Gasteiger charge is 2.05. The van der Waals surface area contributed by atoms with Crippen LogP contribution in [0.15, 0.2) is 0 Å². The van der Waals surface area contributed by atoms with E-state index in [9.17, 15) is 9.59 Å². The van der Waals surface area contributed by atoms with Gasteiger partial charge in [0.25, 0.3) is 0 Å². The molecule has 1 radical (unpaired) electrons. The van der Waals surface area contributed by atoms with E-state index in [4.69, 9.17) is 9.47 Å². The molecule has 4 nitrogen and oxygen atoms in total. The fourth-order valence-electron chi connectivity index (χ4n) is 1.07. The molecule has 16 heavy (non-hydrogen) atoms. The molecule has 0 atom stereocenters. The largest absolute Gasteiger partial charge is 0.466 e. The van der Waals surface area contributed by atoms with E-state index < -0.39 is 0 Å². The van der Waals surface area contributed by atoms with Crippen LogP contribution >= 0.6 is 0 Å². The van der Waals surface area contributed by atoms with Crippen LogP contribution in [0.25, 0.3) is 0 Å². The lowest BCUT2D eigenvalue weighted by atomic mass is 10.3. The van der Waals surface area contributed by atoms with E-state index in [1.165, 1.54) is 0 Å². The number of carbonyl (C=O) groups is 2. The van der Waals surface area contributed by atoms with Crippen LogP contribution < -0.4 is 0 Å². The molecule has 0 heterocycles.